The lowest BCUT2D eigenvalue weighted by molar-refractivity contribution is -0.140. The highest BCUT2D eigenvalue weighted by Crippen LogP contribution is 2.33. The predicted octanol–water partition coefficient (Wildman–Crippen LogP) is 3.66. The first kappa shape index (κ1) is 18.7. The van der Waals surface area contributed by atoms with Crippen LogP contribution in [0.5, 0.6) is 0 Å². The predicted molar refractivity (Wildman–Crippen MR) is 102 cm³/mol. The third-order valence-corrected chi connectivity index (χ3v) is 5.44. The first-order valence-corrected chi connectivity index (χ1v) is 9.25. The van der Waals surface area contributed by atoms with Crippen LogP contribution in [0.3, 0.4) is 0 Å². The number of amides is 1. The summed E-state index contributed by atoms with van der Waals surface area (Å²) in [6.07, 6.45) is 4.64. The molecular formula is C18H21NO3S2. The molecule has 128 valence electrons. The van der Waals surface area contributed by atoms with Gasteiger partial charge in [0.25, 0.3) is 5.91 Å². The van der Waals surface area contributed by atoms with Crippen molar-refractivity contribution in [2.24, 2.45) is 0 Å². The van der Waals surface area contributed by atoms with Crippen molar-refractivity contribution in [3.63, 3.8) is 0 Å². The van der Waals surface area contributed by atoms with Crippen molar-refractivity contribution in [1.29, 1.82) is 0 Å². The van der Waals surface area contributed by atoms with Gasteiger partial charge in [0.1, 0.15) is 10.9 Å². The van der Waals surface area contributed by atoms with E-state index in [2.05, 4.69) is 32.9 Å². The number of carbonyl (C=O) groups excluding carboxylic acids is 1. The van der Waals surface area contributed by atoms with Crippen LogP contribution in [0.2, 0.25) is 0 Å². The molecule has 2 rings (SSSR count). The van der Waals surface area contributed by atoms with Crippen molar-refractivity contribution in [3.8, 4) is 0 Å². The maximum atomic E-state index is 12.4. The molecule has 0 bridgehead atoms. The largest absolute Gasteiger partial charge is 0.480 e. The van der Waals surface area contributed by atoms with Gasteiger partial charge in [-0.25, -0.2) is 0 Å². The smallest absolute Gasteiger partial charge is 0.323 e. The maximum absolute atomic E-state index is 12.4. The second-order valence-corrected chi connectivity index (χ2v) is 7.22. The maximum Gasteiger partial charge on any atom is 0.323 e. The van der Waals surface area contributed by atoms with Crippen molar-refractivity contribution >= 4 is 46.3 Å². The first-order chi connectivity index (χ1) is 11.4. The van der Waals surface area contributed by atoms with Crippen LogP contribution in [-0.4, -0.2) is 32.7 Å². The summed E-state index contributed by atoms with van der Waals surface area (Å²) >= 11 is 6.31. The molecule has 1 heterocycles. The van der Waals surface area contributed by atoms with Crippen LogP contribution in [0.1, 0.15) is 43.0 Å². The van der Waals surface area contributed by atoms with Crippen LogP contribution >= 0.6 is 24.0 Å². The molecule has 0 unspecified atom stereocenters. The summed E-state index contributed by atoms with van der Waals surface area (Å²) < 4.78 is 0.299. The average molecular weight is 364 g/mol. The summed E-state index contributed by atoms with van der Waals surface area (Å²) in [7, 11) is 0. The Balaban J connectivity index is 2.42. The average Bonchev–Trinajstić information content (AvgIpc) is 2.81. The molecule has 1 aliphatic rings. The zero-order chi connectivity index (χ0) is 17.9. The van der Waals surface area contributed by atoms with Gasteiger partial charge in [-0.05, 0) is 47.6 Å². The van der Waals surface area contributed by atoms with Gasteiger partial charge in [0.2, 0.25) is 0 Å². The molecule has 1 amide bonds. The van der Waals surface area contributed by atoms with E-state index in [4.69, 9.17) is 17.3 Å². The van der Waals surface area contributed by atoms with E-state index in [1.807, 2.05) is 6.08 Å². The van der Waals surface area contributed by atoms with E-state index in [1.165, 1.54) is 28.5 Å². The molecule has 0 aliphatic carbocycles. The van der Waals surface area contributed by atoms with Crippen LogP contribution in [0.25, 0.3) is 6.08 Å². The number of carbonyl (C=O) groups is 2. The molecule has 0 radical (unpaired) electrons. The molecular weight excluding hydrogens is 342 g/mol. The molecule has 0 spiro atoms. The second kappa shape index (κ2) is 7.94. The lowest BCUT2D eigenvalue weighted by atomic mass is 9.94. The number of hydrogen-bond acceptors (Lipinski definition) is 4. The summed E-state index contributed by atoms with van der Waals surface area (Å²) in [6, 6.07) is 4.35. The Hall–Kier alpha value is -1.66. The molecule has 1 saturated heterocycles. The van der Waals surface area contributed by atoms with Crippen molar-refractivity contribution in [2.45, 2.75) is 40.0 Å². The van der Waals surface area contributed by atoms with Gasteiger partial charge in [-0.1, -0.05) is 56.9 Å². The Morgan fingerprint density at radius 3 is 2.29 bits per heavy atom. The molecule has 1 N–H and O–H groups in total. The number of thioether (sulfide) groups is 1. The van der Waals surface area contributed by atoms with Crippen LogP contribution in [0.15, 0.2) is 17.0 Å². The van der Waals surface area contributed by atoms with Crippen LogP contribution in [-0.2, 0) is 28.9 Å². The lowest BCUT2D eigenvalue weighted by Crippen LogP contribution is -2.33. The Morgan fingerprint density at radius 1 is 1.17 bits per heavy atom. The molecule has 1 fully saturated rings. The zero-order valence-electron chi connectivity index (χ0n) is 14.1. The number of rotatable bonds is 6. The van der Waals surface area contributed by atoms with Crippen molar-refractivity contribution in [2.75, 3.05) is 6.54 Å². The topological polar surface area (TPSA) is 57.6 Å². The van der Waals surface area contributed by atoms with Gasteiger partial charge in [0, 0.05) is 0 Å². The van der Waals surface area contributed by atoms with Gasteiger partial charge in [-0.2, -0.15) is 0 Å². The van der Waals surface area contributed by atoms with Crippen molar-refractivity contribution < 1.29 is 14.7 Å². The SMILES string of the molecule is CCc1cc(CC)c(CC)cc1/C=C1\SC(=S)N(CC(=O)O)C1=O. The van der Waals surface area contributed by atoms with Crippen molar-refractivity contribution in [3.05, 3.63) is 39.3 Å². The molecule has 1 aromatic rings. The molecule has 0 atom stereocenters. The summed E-state index contributed by atoms with van der Waals surface area (Å²) in [5.74, 6) is -1.39. The monoisotopic (exact) mass is 363 g/mol. The van der Waals surface area contributed by atoms with E-state index in [1.54, 1.807) is 0 Å². The lowest BCUT2D eigenvalue weighted by Gasteiger charge is -2.13. The number of aryl methyl sites for hydroxylation is 3. The summed E-state index contributed by atoms with van der Waals surface area (Å²) in [5.41, 5.74) is 4.82. The Morgan fingerprint density at radius 2 is 1.75 bits per heavy atom. The quantitative estimate of drug-likeness (QED) is 0.617. The van der Waals surface area contributed by atoms with E-state index in [0.29, 0.717) is 9.23 Å². The Bertz CT molecular complexity index is 725. The number of carboxylic acid groups (broad SMARTS) is 1. The zero-order valence-corrected chi connectivity index (χ0v) is 15.7. The van der Waals surface area contributed by atoms with Gasteiger partial charge < -0.3 is 5.11 Å². The third-order valence-electron chi connectivity index (χ3n) is 4.06. The molecule has 0 aromatic heterocycles. The van der Waals surface area contributed by atoms with Gasteiger partial charge in [0.05, 0.1) is 4.91 Å². The molecule has 4 nitrogen and oxygen atoms in total. The number of hydrogen-bond donors (Lipinski definition) is 1. The number of benzene rings is 1. The Kier molecular flexibility index (Phi) is 6.18. The number of carboxylic acids is 1. The fraction of sp³-hybridized carbons (Fsp3) is 0.389. The second-order valence-electron chi connectivity index (χ2n) is 5.54. The highest BCUT2D eigenvalue weighted by Gasteiger charge is 2.33. The summed E-state index contributed by atoms with van der Waals surface area (Å²) in [4.78, 5) is 24.9. The molecule has 1 aliphatic heterocycles. The van der Waals surface area contributed by atoms with Crippen molar-refractivity contribution in [1.82, 2.24) is 4.90 Å². The highest BCUT2D eigenvalue weighted by atomic mass is 32.2. The standard InChI is InChI=1S/C18H21NO3S2/c1-4-11-7-13(6-3)14(8-12(11)5-2)9-15-17(22)19(10-16(20)21)18(23)24-15/h7-9H,4-6,10H2,1-3H3,(H,20,21)/b15-9-. The fourth-order valence-electron chi connectivity index (χ4n) is 2.77. The number of aliphatic carboxylic acids is 1. The third kappa shape index (κ3) is 3.87. The van der Waals surface area contributed by atoms with E-state index >= 15 is 0 Å². The van der Waals surface area contributed by atoms with Gasteiger partial charge in [0.15, 0.2) is 0 Å². The minimum Gasteiger partial charge on any atom is -0.480 e. The van der Waals surface area contributed by atoms with Gasteiger partial charge >= 0.3 is 5.97 Å². The first-order valence-electron chi connectivity index (χ1n) is 8.03. The molecule has 24 heavy (non-hydrogen) atoms. The minimum atomic E-state index is -1.07. The molecule has 6 heteroatoms. The van der Waals surface area contributed by atoms with Gasteiger partial charge in [-0.15, -0.1) is 0 Å². The minimum absolute atomic E-state index is 0.299. The van der Waals surface area contributed by atoms with Crippen LogP contribution in [0, 0.1) is 0 Å². The highest BCUT2D eigenvalue weighted by molar-refractivity contribution is 8.26. The molecule has 0 saturated carbocycles. The number of nitrogens with zero attached hydrogens (tertiary/aromatic N) is 1. The van der Waals surface area contributed by atoms with Crippen LogP contribution in [0.4, 0.5) is 0 Å². The van der Waals surface area contributed by atoms with E-state index in [0.717, 1.165) is 29.7 Å². The van der Waals surface area contributed by atoms with E-state index < -0.39 is 12.5 Å². The van der Waals surface area contributed by atoms with E-state index in [-0.39, 0.29) is 5.91 Å². The Labute approximate surface area is 151 Å². The number of thiocarbonyl (C=S) groups is 1. The summed E-state index contributed by atoms with van der Waals surface area (Å²) in [5, 5.41) is 8.91. The summed E-state index contributed by atoms with van der Waals surface area (Å²) in [6.45, 7) is 5.96. The normalized spacial score (nSPS) is 16.3. The van der Waals surface area contributed by atoms with Gasteiger partial charge in [-0.3, -0.25) is 14.5 Å². The van der Waals surface area contributed by atoms with Crippen LogP contribution < -0.4 is 0 Å². The molecule has 1 aromatic carbocycles. The fourth-order valence-corrected chi connectivity index (χ4v) is 4.02. The van der Waals surface area contributed by atoms with E-state index in [9.17, 15) is 9.59 Å².